The minimum absolute atomic E-state index is 0.0175. The van der Waals surface area contributed by atoms with Crippen molar-refractivity contribution in [2.45, 2.75) is 192 Å². The predicted molar refractivity (Wildman–Crippen MR) is 316 cm³/mol. The maximum Gasteiger partial charge on any atom is 0.303 e. The number of nitrogens with two attached hydrogens (primary N) is 3. The van der Waals surface area contributed by atoms with Gasteiger partial charge >= 0.3 is 5.97 Å². The Labute approximate surface area is 489 Å². The number of aliphatic carboxylic acids is 1. The summed E-state index contributed by atoms with van der Waals surface area (Å²) in [7, 11) is 1.37. The number of ketones is 4. The van der Waals surface area contributed by atoms with E-state index in [0.717, 1.165) is 19.3 Å². The minimum atomic E-state index is -1.24. The highest BCUT2D eigenvalue weighted by Crippen LogP contribution is 2.21. The Bertz CT molecular complexity index is 2300. The number of hydrogen-bond donors (Lipinski definition) is 11. The van der Waals surface area contributed by atoms with E-state index in [-0.39, 0.29) is 89.2 Å². The zero-order valence-corrected chi connectivity index (χ0v) is 49.2. The topological polar surface area (TPSA) is 390 Å². The van der Waals surface area contributed by atoms with E-state index >= 15 is 0 Å². The Morgan fingerprint density at radius 2 is 1.17 bits per heavy atom. The van der Waals surface area contributed by atoms with E-state index in [0.29, 0.717) is 37.1 Å². The number of hydrogen-bond acceptors (Lipinski definition) is 14. The molecule has 1 aromatic carbocycles. The lowest BCUT2D eigenvalue weighted by Crippen LogP contribution is -2.48. The average molecular weight is 1160 g/mol. The first-order valence-electron chi connectivity index (χ1n) is 30.0. The number of carbonyl (C=O) groups excluding carboxylic acids is 9. The van der Waals surface area contributed by atoms with E-state index in [2.05, 4.69) is 48.5 Å². The molecule has 1 heterocycles. The Hall–Kier alpha value is -6.88. The highest BCUT2D eigenvalue weighted by molar-refractivity contribution is 5.97. The van der Waals surface area contributed by atoms with E-state index in [1.807, 2.05) is 0 Å². The molecule has 2 rings (SSSR count). The quantitative estimate of drug-likeness (QED) is 0.0254. The number of Topliss-reactive ketones (excluding diaryl/α,β-unsaturated/α-hetero) is 4. The Kier molecular flexibility index (Phi) is 38.1. The number of aromatic amines is 1. The maximum absolute atomic E-state index is 14.6. The molecule has 0 spiro atoms. The van der Waals surface area contributed by atoms with Gasteiger partial charge in [0.05, 0.1) is 49.9 Å². The average Bonchev–Trinajstić information content (AvgIpc) is 4.02. The number of carboxylic acids is 1. The number of benzene rings is 1. The summed E-state index contributed by atoms with van der Waals surface area (Å²) in [4.78, 5) is 144. The fourth-order valence-electron chi connectivity index (χ4n) is 9.72. The van der Waals surface area contributed by atoms with Crippen LogP contribution in [-0.2, 0) is 60.8 Å². The van der Waals surface area contributed by atoms with Crippen molar-refractivity contribution in [1.82, 2.24) is 36.6 Å². The molecular formula is C60H97N11O12. The van der Waals surface area contributed by atoms with Gasteiger partial charge in [-0.2, -0.15) is 0 Å². The summed E-state index contributed by atoms with van der Waals surface area (Å²) in [5.41, 5.74) is 18.0. The lowest BCUT2D eigenvalue weighted by atomic mass is 9.88. The van der Waals surface area contributed by atoms with Crippen LogP contribution in [0.2, 0.25) is 0 Å². The summed E-state index contributed by atoms with van der Waals surface area (Å²) < 4.78 is 0. The predicted octanol–water partition coefficient (Wildman–Crippen LogP) is 3.97. The summed E-state index contributed by atoms with van der Waals surface area (Å²) in [6.07, 6.45) is 17.6. The highest BCUT2D eigenvalue weighted by atomic mass is 16.4. The van der Waals surface area contributed by atoms with E-state index in [9.17, 15) is 58.2 Å². The van der Waals surface area contributed by atoms with Crippen LogP contribution in [0.3, 0.4) is 0 Å². The summed E-state index contributed by atoms with van der Waals surface area (Å²) in [5, 5.41) is 32.5. The van der Waals surface area contributed by atoms with E-state index in [1.54, 1.807) is 30.3 Å². The number of guanidine groups is 1. The molecule has 0 fully saturated rings. The van der Waals surface area contributed by atoms with Crippen LogP contribution in [0.5, 0.6) is 0 Å². The number of nitrogens with one attached hydrogen (secondary N) is 6. The zero-order valence-electron chi connectivity index (χ0n) is 49.2. The third kappa shape index (κ3) is 33.1. The summed E-state index contributed by atoms with van der Waals surface area (Å²) in [5.74, 6) is -10.8. The van der Waals surface area contributed by atoms with Crippen molar-refractivity contribution in [3.63, 3.8) is 0 Å². The van der Waals surface area contributed by atoms with Gasteiger partial charge in [-0.15, -0.1) is 0 Å². The van der Waals surface area contributed by atoms with Gasteiger partial charge < -0.3 is 59.0 Å². The second-order valence-corrected chi connectivity index (χ2v) is 21.7. The van der Waals surface area contributed by atoms with Crippen LogP contribution in [0.1, 0.15) is 179 Å². The lowest BCUT2D eigenvalue weighted by molar-refractivity contribution is -0.138. The number of unbranched alkanes of at least 4 members (excludes halogenated alkanes) is 13. The monoisotopic (exact) mass is 1160 g/mol. The number of rotatable bonds is 50. The summed E-state index contributed by atoms with van der Waals surface area (Å²) >= 11 is 0. The summed E-state index contributed by atoms with van der Waals surface area (Å²) in [6, 6.07) is 6.43. The van der Waals surface area contributed by atoms with Crippen molar-refractivity contribution in [3.8, 4) is 0 Å². The molecule has 0 aliphatic rings. The second kappa shape index (κ2) is 43.8. The number of carbonyl (C=O) groups is 10. The molecule has 1 unspecified atom stereocenters. The molecule has 0 saturated carbocycles. The number of aliphatic imine (C=N–C) groups is 1. The van der Waals surface area contributed by atoms with Crippen molar-refractivity contribution in [2.24, 2.45) is 45.9 Å². The number of H-pyrrole nitrogens is 1. The highest BCUT2D eigenvalue weighted by Gasteiger charge is 2.34. The van der Waals surface area contributed by atoms with Gasteiger partial charge in [0.25, 0.3) is 0 Å². The van der Waals surface area contributed by atoms with Crippen molar-refractivity contribution in [1.29, 1.82) is 0 Å². The van der Waals surface area contributed by atoms with Crippen molar-refractivity contribution < 1.29 is 58.2 Å². The van der Waals surface area contributed by atoms with Gasteiger partial charge in [-0.3, -0.25) is 52.9 Å². The van der Waals surface area contributed by atoms with Crippen molar-refractivity contribution >= 4 is 64.6 Å². The smallest absolute Gasteiger partial charge is 0.303 e. The summed E-state index contributed by atoms with van der Waals surface area (Å²) in [6.45, 7) is 1.04. The number of carboxylic acid groups (broad SMARTS) is 1. The van der Waals surface area contributed by atoms with Gasteiger partial charge in [-0.05, 0) is 63.5 Å². The first kappa shape index (κ1) is 72.2. The molecule has 0 bridgehead atoms. The third-order valence-corrected chi connectivity index (χ3v) is 14.6. The Balaban J connectivity index is 2.18. The lowest BCUT2D eigenvalue weighted by Gasteiger charge is -2.26. The van der Waals surface area contributed by atoms with Gasteiger partial charge in [-0.25, -0.2) is 4.98 Å². The minimum Gasteiger partial charge on any atom is -0.481 e. The molecule has 2 aromatic rings. The number of imidazole rings is 1. The molecular weight excluding hydrogens is 1070 g/mol. The number of aromatic nitrogens is 2. The Morgan fingerprint density at radius 1 is 0.602 bits per heavy atom. The molecule has 0 aliphatic carbocycles. The molecule has 23 heteroatoms. The fourth-order valence-corrected chi connectivity index (χ4v) is 9.72. The molecule has 1 aromatic heterocycles. The second-order valence-electron chi connectivity index (χ2n) is 21.7. The third-order valence-electron chi connectivity index (χ3n) is 14.6. The van der Waals surface area contributed by atoms with Gasteiger partial charge in [0.15, 0.2) is 29.1 Å². The van der Waals surface area contributed by atoms with Crippen molar-refractivity contribution in [2.75, 3.05) is 39.8 Å². The molecule has 83 heavy (non-hydrogen) atoms. The SMILES string of the molecule is CCCCCCCCCCCCCCCC(=O)NCC(=O)C[C@@H](CO)C(=O)NCC(=O)CC(Cc1cnc[nH]1)C(=O)N[C@@H](Cc1ccccc1)C(=O)C[C@@H](CCCN=C(N)N)C(=O)N[C@@H](CCCCN)C(=O)C[C@@H](CCC(=O)O)C(=O)NC. The largest absolute Gasteiger partial charge is 0.481 e. The molecule has 5 amide bonds. The number of aliphatic hydroxyl groups is 1. The normalized spacial score (nSPS) is 13.3. The van der Waals surface area contributed by atoms with E-state index in [1.165, 1.54) is 77.4 Å². The van der Waals surface area contributed by atoms with E-state index in [4.69, 9.17) is 17.2 Å². The number of nitrogens with zero attached hydrogens (tertiary/aromatic N) is 2. The standard InChI is InChI=1S/C60H97N11O12/c1-3-4-5-6-7-8-9-10-11-12-13-14-18-26-54(77)67-38-49(74)34-46(40-72)57(81)68-39-48(73)33-45(32-47-37-65-41-69-47)59(83)71-51(31-42-22-16-15-17-23-42)53(76)35-43(24-21-30-66-60(62)63)58(82)70-50(25-19-20-29-61)52(75)36-44(56(80)64-2)27-28-55(78)79/h15-17,22-23,37,41,43-46,50-51,72H,3-14,18-21,24-36,38-40,61H2,1-2H3,(H,64,80)(H,65,69)(H,67,77)(H,68,81)(H,70,82)(H,71,83)(H,78,79)(H4,62,63,66)/t43-,44-,45?,46+,50+,51+/m1/s1. The fraction of sp³-hybridized carbons (Fsp3) is 0.667. The number of aliphatic hydroxyl groups excluding tert-OH is 1. The number of amides is 5. The van der Waals surface area contributed by atoms with Gasteiger partial charge in [0.1, 0.15) is 0 Å². The van der Waals surface area contributed by atoms with Gasteiger partial charge in [0, 0.05) is 82.3 Å². The first-order valence-corrected chi connectivity index (χ1v) is 30.0. The molecule has 23 nitrogen and oxygen atoms in total. The van der Waals surface area contributed by atoms with Crippen LogP contribution < -0.4 is 43.8 Å². The molecule has 0 saturated heterocycles. The van der Waals surface area contributed by atoms with Crippen molar-refractivity contribution in [3.05, 3.63) is 54.1 Å². The van der Waals surface area contributed by atoms with Crippen LogP contribution in [0.4, 0.5) is 0 Å². The maximum atomic E-state index is 14.6. The van der Waals surface area contributed by atoms with Crippen LogP contribution in [0, 0.1) is 23.7 Å². The molecule has 14 N–H and O–H groups in total. The van der Waals surface area contributed by atoms with Gasteiger partial charge in [-0.1, -0.05) is 114 Å². The van der Waals surface area contributed by atoms with Gasteiger partial charge in [0.2, 0.25) is 29.5 Å². The van der Waals surface area contributed by atoms with Crippen LogP contribution in [0.25, 0.3) is 0 Å². The molecule has 0 aliphatic heterocycles. The first-order chi connectivity index (χ1) is 39.9. The van der Waals surface area contributed by atoms with Crippen LogP contribution in [-0.4, -0.2) is 137 Å². The molecule has 0 radical (unpaired) electrons. The molecule has 6 atom stereocenters. The zero-order chi connectivity index (χ0) is 61.2. The van der Waals surface area contributed by atoms with E-state index < -0.39 is 114 Å². The van der Waals surface area contributed by atoms with Crippen LogP contribution >= 0.6 is 0 Å². The van der Waals surface area contributed by atoms with Crippen LogP contribution in [0.15, 0.2) is 47.8 Å². The Morgan fingerprint density at radius 3 is 1.73 bits per heavy atom. The molecule has 464 valence electrons.